The lowest BCUT2D eigenvalue weighted by molar-refractivity contribution is 0.0888. The summed E-state index contributed by atoms with van der Waals surface area (Å²) in [5.41, 5.74) is 2.64. The van der Waals surface area contributed by atoms with Crippen molar-refractivity contribution in [2.24, 2.45) is 10.9 Å². The number of nitrogens with zero attached hydrogens (tertiary/aromatic N) is 1. The predicted octanol–water partition coefficient (Wildman–Crippen LogP) is 3.71. The van der Waals surface area contributed by atoms with Crippen LogP contribution in [-0.4, -0.2) is 52.0 Å². The summed E-state index contributed by atoms with van der Waals surface area (Å²) in [6.45, 7) is 12.3. The van der Waals surface area contributed by atoms with Gasteiger partial charge in [-0.1, -0.05) is 36.8 Å². The zero-order valence-electron chi connectivity index (χ0n) is 17.0. The third-order valence-electron chi connectivity index (χ3n) is 4.61. The van der Waals surface area contributed by atoms with Gasteiger partial charge in [0.15, 0.2) is 5.96 Å². The van der Waals surface area contributed by atoms with Crippen molar-refractivity contribution in [2.75, 3.05) is 46.1 Å². The van der Waals surface area contributed by atoms with Gasteiger partial charge in [0, 0.05) is 44.7 Å². The number of rotatable bonds is 10. The van der Waals surface area contributed by atoms with Crippen molar-refractivity contribution in [1.82, 2.24) is 10.6 Å². The zero-order valence-corrected chi connectivity index (χ0v) is 19.3. The third-order valence-corrected chi connectivity index (χ3v) is 4.61. The Morgan fingerprint density at radius 3 is 2.93 bits per heavy atom. The number of aryl methyl sites for hydroxylation is 1. The van der Waals surface area contributed by atoms with Crippen LogP contribution < -0.4 is 10.6 Å². The van der Waals surface area contributed by atoms with E-state index < -0.39 is 0 Å². The van der Waals surface area contributed by atoms with Gasteiger partial charge in [0.05, 0.1) is 13.2 Å². The summed E-state index contributed by atoms with van der Waals surface area (Å²) in [6.07, 6.45) is 2.11. The quantitative estimate of drug-likeness (QED) is 0.228. The van der Waals surface area contributed by atoms with E-state index in [1.807, 2.05) is 0 Å². The molecule has 154 valence electrons. The van der Waals surface area contributed by atoms with E-state index in [-0.39, 0.29) is 24.0 Å². The average Bonchev–Trinajstić information content (AvgIpc) is 3.15. The molecule has 5 nitrogen and oxygen atoms in total. The fraction of sp³-hybridized carbons (Fsp3) is 0.667. The van der Waals surface area contributed by atoms with E-state index in [1.165, 1.54) is 11.1 Å². The number of aliphatic imine (C=N–C) groups is 1. The molecule has 6 heteroatoms. The molecule has 27 heavy (non-hydrogen) atoms. The first kappa shape index (κ1) is 24.2. The molecule has 2 rings (SSSR count). The Kier molecular flexibility index (Phi) is 12.7. The highest BCUT2D eigenvalue weighted by Crippen LogP contribution is 2.16. The second-order valence-corrected chi connectivity index (χ2v) is 7.12. The van der Waals surface area contributed by atoms with Gasteiger partial charge in [0.1, 0.15) is 0 Å². The molecule has 1 heterocycles. The van der Waals surface area contributed by atoms with Gasteiger partial charge in [-0.15, -0.1) is 24.0 Å². The summed E-state index contributed by atoms with van der Waals surface area (Å²) in [6, 6.07) is 8.67. The smallest absolute Gasteiger partial charge is 0.191 e. The molecule has 2 unspecified atom stereocenters. The maximum absolute atomic E-state index is 5.75. The number of nitrogens with one attached hydrogen (secondary N) is 2. The van der Waals surface area contributed by atoms with Crippen LogP contribution in [0.1, 0.15) is 43.7 Å². The van der Waals surface area contributed by atoms with Crippen molar-refractivity contribution in [1.29, 1.82) is 0 Å². The SMILES string of the molecule is CCNC(=NCC(C)c1cccc(C)c1)NCCCOCC1CCOC1.I. The summed E-state index contributed by atoms with van der Waals surface area (Å²) in [5.74, 6) is 1.88. The fourth-order valence-electron chi connectivity index (χ4n) is 3.00. The van der Waals surface area contributed by atoms with E-state index in [0.29, 0.717) is 11.8 Å². The molecule has 0 saturated carbocycles. The van der Waals surface area contributed by atoms with Gasteiger partial charge in [0.25, 0.3) is 0 Å². The Hall–Kier alpha value is -0.860. The van der Waals surface area contributed by atoms with Crippen LogP contribution in [0.15, 0.2) is 29.3 Å². The number of benzene rings is 1. The van der Waals surface area contributed by atoms with Gasteiger partial charge >= 0.3 is 0 Å². The number of hydrogen-bond donors (Lipinski definition) is 2. The first-order valence-electron chi connectivity index (χ1n) is 9.93. The number of hydrogen-bond acceptors (Lipinski definition) is 3. The average molecular weight is 489 g/mol. The minimum atomic E-state index is 0. The summed E-state index contributed by atoms with van der Waals surface area (Å²) in [5, 5.41) is 6.72. The second-order valence-electron chi connectivity index (χ2n) is 7.12. The Labute approximate surface area is 181 Å². The standard InChI is InChI=1S/C21H35N3O2.HI/c1-4-22-21(23-10-6-11-25-15-19-9-12-26-16-19)24-14-18(3)20-8-5-7-17(2)13-20;/h5,7-8,13,18-19H,4,6,9-12,14-16H2,1-3H3,(H2,22,23,24);1H. The lowest BCUT2D eigenvalue weighted by Crippen LogP contribution is -2.38. The third kappa shape index (κ3) is 9.76. The van der Waals surface area contributed by atoms with E-state index in [2.05, 4.69) is 55.7 Å². The first-order chi connectivity index (χ1) is 12.7. The first-order valence-corrected chi connectivity index (χ1v) is 9.93. The summed E-state index contributed by atoms with van der Waals surface area (Å²) < 4.78 is 11.1. The highest BCUT2D eigenvalue weighted by molar-refractivity contribution is 14.0. The van der Waals surface area contributed by atoms with E-state index in [1.54, 1.807) is 0 Å². The molecule has 0 aromatic heterocycles. The Bertz CT molecular complexity index is 548. The largest absolute Gasteiger partial charge is 0.381 e. The van der Waals surface area contributed by atoms with E-state index in [9.17, 15) is 0 Å². The maximum atomic E-state index is 5.75. The fourth-order valence-corrected chi connectivity index (χ4v) is 3.00. The summed E-state index contributed by atoms with van der Waals surface area (Å²) in [4.78, 5) is 4.74. The maximum Gasteiger partial charge on any atom is 0.191 e. The van der Waals surface area contributed by atoms with Gasteiger partial charge in [-0.3, -0.25) is 4.99 Å². The molecule has 0 aliphatic carbocycles. The van der Waals surface area contributed by atoms with Crippen LogP contribution >= 0.6 is 24.0 Å². The Morgan fingerprint density at radius 1 is 1.37 bits per heavy atom. The van der Waals surface area contributed by atoms with Crippen molar-refractivity contribution < 1.29 is 9.47 Å². The summed E-state index contributed by atoms with van der Waals surface area (Å²) in [7, 11) is 0. The van der Waals surface area contributed by atoms with Gasteiger partial charge in [-0.05, 0) is 32.3 Å². The second kappa shape index (κ2) is 14.2. The molecular formula is C21H36IN3O2. The molecule has 2 N–H and O–H groups in total. The minimum absolute atomic E-state index is 0. The topological polar surface area (TPSA) is 54.9 Å². The lowest BCUT2D eigenvalue weighted by atomic mass is 10.00. The molecule has 1 aliphatic rings. The van der Waals surface area contributed by atoms with Crippen LogP contribution in [0, 0.1) is 12.8 Å². The van der Waals surface area contributed by atoms with Crippen molar-refractivity contribution in [3.63, 3.8) is 0 Å². The van der Waals surface area contributed by atoms with Crippen molar-refractivity contribution >= 4 is 29.9 Å². The van der Waals surface area contributed by atoms with Crippen LogP contribution in [0.3, 0.4) is 0 Å². The van der Waals surface area contributed by atoms with Crippen molar-refractivity contribution in [3.05, 3.63) is 35.4 Å². The molecule has 0 amide bonds. The predicted molar refractivity (Wildman–Crippen MR) is 123 cm³/mol. The number of ether oxygens (including phenoxy) is 2. The highest BCUT2D eigenvalue weighted by Gasteiger charge is 2.15. The molecule has 1 fully saturated rings. The van der Waals surface area contributed by atoms with E-state index in [0.717, 1.165) is 64.9 Å². The highest BCUT2D eigenvalue weighted by atomic mass is 127. The van der Waals surface area contributed by atoms with Gasteiger partial charge in [-0.25, -0.2) is 0 Å². The van der Waals surface area contributed by atoms with Crippen LogP contribution in [0.4, 0.5) is 0 Å². The Morgan fingerprint density at radius 2 is 2.22 bits per heavy atom. The molecule has 0 radical (unpaired) electrons. The molecular weight excluding hydrogens is 453 g/mol. The van der Waals surface area contributed by atoms with Crippen molar-refractivity contribution in [3.8, 4) is 0 Å². The molecule has 1 aromatic carbocycles. The monoisotopic (exact) mass is 489 g/mol. The zero-order chi connectivity index (χ0) is 18.6. The minimum Gasteiger partial charge on any atom is -0.381 e. The molecule has 1 aliphatic heterocycles. The van der Waals surface area contributed by atoms with Crippen LogP contribution in [0.5, 0.6) is 0 Å². The summed E-state index contributed by atoms with van der Waals surface area (Å²) >= 11 is 0. The van der Waals surface area contributed by atoms with Crippen LogP contribution in [0.2, 0.25) is 0 Å². The number of guanidine groups is 1. The van der Waals surface area contributed by atoms with Crippen LogP contribution in [-0.2, 0) is 9.47 Å². The van der Waals surface area contributed by atoms with Gasteiger partial charge < -0.3 is 20.1 Å². The van der Waals surface area contributed by atoms with Gasteiger partial charge in [0.2, 0.25) is 0 Å². The molecule has 2 atom stereocenters. The van der Waals surface area contributed by atoms with Crippen molar-refractivity contribution in [2.45, 2.75) is 39.5 Å². The molecule has 0 spiro atoms. The molecule has 0 bridgehead atoms. The van der Waals surface area contributed by atoms with E-state index >= 15 is 0 Å². The molecule has 1 saturated heterocycles. The number of halogens is 1. The molecule has 1 aromatic rings. The Balaban J connectivity index is 0.00000364. The van der Waals surface area contributed by atoms with Crippen LogP contribution in [0.25, 0.3) is 0 Å². The normalized spacial score (nSPS) is 18.0. The van der Waals surface area contributed by atoms with E-state index in [4.69, 9.17) is 14.5 Å². The lowest BCUT2D eigenvalue weighted by Gasteiger charge is -2.14. The van der Waals surface area contributed by atoms with Gasteiger partial charge in [-0.2, -0.15) is 0 Å².